The number of fused-ring (bicyclic) bond motifs is 1. The molecule has 1 nitrogen and oxygen atoms in total. The van der Waals surface area contributed by atoms with Crippen molar-refractivity contribution in [3.8, 4) is 0 Å². The molecule has 1 saturated carbocycles. The first-order valence-electron chi connectivity index (χ1n) is 6.44. The van der Waals surface area contributed by atoms with E-state index in [1.165, 1.54) is 18.4 Å². The van der Waals surface area contributed by atoms with Crippen LogP contribution in [0.25, 0.3) is 0 Å². The normalized spacial score (nSPS) is 31.9. The molecular weight excluding hydrogens is 276 g/mol. The van der Waals surface area contributed by atoms with E-state index in [2.05, 4.69) is 35.0 Å². The van der Waals surface area contributed by atoms with Crippen LogP contribution < -0.4 is 0 Å². The molecule has 3 rings (SSSR count). The van der Waals surface area contributed by atoms with Gasteiger partial charge in [-0.3, -0.25) is 4.79 Å². The lowest BCUT2D eigenvalue weighted by Crippen LogP contribution is -2.33. The van der Waals surface area contributed by atoms with Gasteiger partial charge in [0.25, 0.3) is 0 Å². The Balaban J connectivity index is 2.00. The minimum Gasteiger partial charge on any atom is -0.294 e. The predicted molar refractivity (Wildman–Crippen MR) is 72.2 cm³/mol. The molecule has 0 bridgehead atoms. The van der Waals surface area contributed by atoms with Crippen LogP contribution in [-0.4, -0.2) is 5.78 Å². The number of rotatable bonds is 0. The highest BCUT2D eigenvalue weighted by Gasteiger charge is 2.47. The summed E-state index contributed by atoms with van der Waals surface area (Å²) in [6, 6.07) is 6.18. The van der Waals surface area contributed by atoms with E-state index in [1.807, 2.05) is 6.07 Å². The number of carbonyl (C=O) groups is 1. The van der Waals surface area contributed by atoms with E-state index in [1.54, 1.807) is 0 Å². The molecule has 0 saturated heterocycles. The van der Waals surface area contributed by atoms with E-state index in [9.17, 15) is 4.79 Å². The van der Waals surface area contributed by atoms with Gasteiger partial charge in [0.1, 0.15) is 0 Å². The summed E-state index contributed by atoms with van der Waals surface area (Å²) in [5, 5.41) is 0. The Bertz CT molecular complexity index is 480. The second-order valence-corrected chi connectivity index (χ2v) is 6.70. The molecule has 0 heterocycles. The number of hydrogen-bond acceptors (Lipinski definition) is 1. The number of ketones is 1. The molecule has 1 spiro atoms. The fourth-order valence-corrected chi connectivity index (χ4v) is 4.03. The standard InChI is InChI=1S/C15H17BrO/c1-10-3-2-6-15(8-10)9-11-4-5-12(16)7-13(11)14(15)17/h4-5,7,10H,2-3,6,8-9H2,1H3/t10-,15+/m1/s1. The first-order chi connectivity index (χ1) is 8.11. The van der Waals surface area contributed by atoms with Gasteiger partial charge >= 0.3 is 0 Å². The van der Waals surface area contributed by atoms with Gasteiger partial charge in [-0.2, -0.15) is 0 Å². The van der Waals surface area contributed by atoms with Crippen molar-refractivity contribution < 1.29 is 4.79 Å². The van der Waals surface area contributed by atoms with Gasteiger partial charge in [-0.05, 0) is 42.9 Å². The van der Waals surface area contributed by atoms with E-state index >= 15 is 0 Å². The van der Waals surface area contributed by atoms with Crippen molar-refractivity contribution in [2.24, 2.45) is 11.3 Å². The highest BCUT2D eigenvalue weighted by atomic mass is 79.9. The van der Waals surface area contributed by atoms with Gasteiger partial charge in [0, 0.05) is 15.5 Å². The van der Waals surface area contributed by atoms with Crippen molar-refractivity contribution in [1.29, 1.82) is 0 Å². The monoisotopic (exact) mass is 292 g/mol. The molecule has 2 aliphatic rings. The highest BCUT2D eigenvalue weighted by molar-refractivity contribution is 9.10. The van der Waals surface area contributed by atoms with Gasteiger partial charge in [0.05, 0.1) is 0 Å². The zero-order chi connectivity index (χ0) is 12.0. The molecule has 90 valence electrons. The summed E-state index contributed by atoms with van der Waals surface area (Å²) >= 11 is 3.46. The maximum Gasteiger partial charge on any atom is 0.169 e. The number of Topliss-reactive ketones (excluding diaryl/α,β-unsaturated/α-hetero) is 1. The highest BCUT2D eigenvalue weighted by Crippen LogP contribution is 2.49. The number of benzene rings is 1. The van der Waals surface area contributed by atoms with Crippen molar-refractivity contribution in [2.45, 2.75) is 39.0 Å². The average molecular weight is 293 g/mol. The van der Waals surface area contributed by atoms with Crippen LogP contribution in [0, 0.1) is 11.3 Å². The van der Waals surface area contributed by atoms with Crippen molar-refractivity contribution in [3.63, 3.8) is 0 Å². The van der Waals surface area contributed by atoms with Crippen LogP contribution in [0.3, 0.4) is 0 Å². The quantitative estimate of drug-likeness (QED) is 0.693. The van der Waals surface area contributed by atoms with E-state index in [0.29, 0.717) is 11.7 Å². The second-order valence-electron chi connectivity index (χ2n) is 5.79. The lowest BCUT2D eigenvalue weighted by atomic mass is 9.68. The Hall–Kier alpha value is -0.630. The SMILES string of the molecule is C[C@@H]1CCC[C@@]2(Cc3ccc(Br)cc3C2=O)C1. The molecular formula is C15H17BrO. The molecule has 0 N–H and O–H groups in total. The molecule has 0 aliphatic heterocycles. The Labute approximate surface area is 111 Å². The summed E-state index contributed by atoms with van der Waals surface area (Å²) in [4.78, 5) is 12.7. The largest absolute Gasteiger partial charge is 0.294 e. The third-order valence-corrected chi connectivity index (χ3v) is 4.91. The topological polar surface area (TPSA) is 17.1 Å². The molecule has 1 fully saturated rings. The van der Waals surface area contributed by atoms with Gasteiger partial charge in [-0.15, -0.1) is 0 Å². The summed E-state index contributed by atoms with van der Waals surface area (Å²) in [7, 11) is 0. The molecule has 2 atom stereocenters. The van der Waals surface area contributed by atoms with Gasteiger partial charge in [-0.1, -0.05) is 41.8 Å². The van der Waals surface area contributed by atoms with Crippen LogP contribution in [0.5, 0.6) is 0 Å². The number of halogens is 1. The summed E-state index contributed by atoms with van der Waals surface area (Å²) in [5.74, 6) is 1.10. The van der Waals surface area contributed by atoms with Gasteiger partial charge in [0.2, 0.25) is 0 Å². The smallest absolute Gasteiger partial charge is 0.169 e. The molecule has 0 amide bonds. The van der Waals surface area contributed by atoms with Gasteiger partial charge in [0.15, 0.2) is 5.78 Å². The van der Waals surface area contributed by atoms with Gasteiger partial charge < -0.3 is 0 Å². The zero-order valence-corrected chi connectivity index (χ0v) is 11.7. The van der Waals surface area contributed by atoms with E-state index in [4.69, 9.17) is 0 Å². The second kappa shape index (κ2) is 3.94. The summed E-state index contributed by atoms with van der Waals surface area (Å²) in [6.45, 7) is 2.28. The summed E-state index contributed by atoms with van der Waals surface area (Å²) in [5.41, 5.74) is 2.17. The third-order valence-electron chi connectivity index (χ3n) is 4.42. The predicted octanol–water partition coefficient (Wildman–Crippen LogP) is 4.38. The van der Waals surface area contributed by atoms with Crippen LogP contribution in [0.4, 0.5) is 0 Å². The minimum atomic E-state index is -0.0548. The Kier molecular flexibility index (Phi) is 2.66. The lowest BCUT2D eigenvalue weighted by molar-refractivity contribution is 0.0696. The molecule has 0 unspecified atom stereocenters. The fourth-order valence-electron chi connectivity index (χ4n) is 3.67. The minimum absolute atomic E-state index is 0.0548. The van der Waals surface area contributed by atoms with Crippen LogP contribution in [0.2, 0.25) is 0 Å². The molecule has 0 radical (unpaired) electrons. The van der Waals surface area contributed by atoms with E-state index < -0.39 is 0 Å². The maximum atomic E-state index is 12.7. The lowest BCUT2D eigenvalue weighted by Gasteiger charge is -2.35. The summed E-state index contributed by atoms with van der Waals surface area (Å²) in [6.07, 6.45) is 5.64. The molecule has 1 aromatic rings. The zero-order valence-electron chi connectivity index (χ0n) is 10.1. The van der Waals surface area contributed by atoms with Gasteiger partial charge in [-0.25, -0.2) is 0 Å². The van der Waals surface area contributed by atoms with Crippen molar-refractivity contribution in [2.75, 3.05) is 0 Å². The number of carbonyl (C=O) groups excluding carboxylic acids is 1. The van der Waals surface area contributed by atoms with Crippen LogP contribution in [0.15, 0.2) is 22.7 Å². The van der Waals surface area contributed by atoms with Crippen molar-refractivity contribution in [3.05, 3.63) is 33.8 Å². The fraction of sp³-hybridized carbons (Fsp3) is 0.533. The van der Waals surface area contributed by atoms with E-state index in [0.717, 1.165) is 29.3 Å². The van der Waals surface area contributed by atoms with Crippen LogP contribution in [-0.2, 0) is 6.42 Å². The first kappa shape index (κ1) is 11.5. The molecule has 2 heteroatoms. The van der Waals surface area contributed by atoms with E-state index in [-0.39, 0.29) is 5.41 Å². The molecule has 17 heavy (non-hydrogen) atoms. The van der Waals surface area contributed by atoms with Crippen molar-refractivity contribution in [1.82, 2.24) is 0 Å². The van der Waals surface area contributed by atoms with Crippen LogP contribution >= 0.6 is 15.9 Å². The number of hydrogen-bond donors (Lipinski definition) is 0. The average Bonchev–Trinajstić information content (AvgIpc) is 2.53. The molecule has 0 aromatic heterocycles. The Morgan fingerprint density at radius 1 is 1.41 bits per heavy atom. The first-order valence-corrected chi connectivity index (χ1v) is 7.23. The van der Waals surface area contributed by atoms with Crippen molar-refractivity contribution >= 4 is 21.7 Å². The Morgan fingerprint density at radius 3 is 3.00 bits per heavy atom. The van der Waals surface area contributed by atoms with Crippen LogP contribution in [0.1, 0.15) is 48.5 Å². The summed E-state index contributed by atoms with van der Waals surface area (Å²) < 4.78 is 1.02. The maximum absolute atomic E-state index is 12.7. The Morgan fingerprint density at radius 2 is 2.24 bits per heavy atom. The molecule has 2 aliphatic carbocycles. The molecule has 1 aromatic carbocycles. The third kappa shape index (κ3) is 1.77.